The first-order valence-corrected chi connectivity index (χ1v) is 7.36. The molecule has 0 unspecified atom stereocenters. The van der Waals surface area contributed by atoms with Crippen LogP contribution >= 0.6 is 23.2 Å². The van der Waals surface area contributed by atoms with Gasteiger partial charge in [0.1, 0.15) is 10.3 Å². The predicted octanol–water partition coefficient (Wildman–Crippen LogP) is 2.84. The molecule has 112 valence electrons. The van der Waals surface area contributed by atoms with Gasteiger partial charge in [0.15, 0.2) is 0 Å². The molecule has 7 heteroatoms. The van der Waals surface area contributed by atoms with Crippen LogP contribution in [0.25, 0.3) is 0 Å². The Balaban J connectivity index is 2.23. The second kappa shape index (κ2) is 6.91. The number of hydrogen-bond donors (Lipinski definition) is 0. The quantitative estimate of drug-likeness (QED) is 0.793. The van der Waals surface area contributed by atoms with Gasteiger partial charge in [-0.05, 0) is 12.5 Å². The number of aromatic nitrogens is 3. The van der Waals surface area contributed by atoms with E-state index >= 15 is 0 Å². The molecular weight excluding hydrogens is 311 g/mol. The van der Waals surface area contributed by atoms with Crippen LogP contribution in [0, 0.1) is 0 Å². The Morgan fingerprint density at radius 1 is 1.33 bits per heavy atom. The monoisotopic (exact) mass is 326 g/mol. The summed E-state index contributed by atoms with van der Waals surface area (Å²) < 4.78 is 1.35. The van der Waals surface area contributed by atoms with Crippen molar-refractivity contribution in [2.24, 2.45) is 0 Å². The first-order chi connectivity index (χ1) is 10.0. The van der Waals surface area contributed by atoms with Crippen LogP contribution in [0.1, 0.15) is 18.9 Å². The van der Waals surface area contributed by atoms with Crippen molar-refractivity contribution in [3.63, 3.8) is 0 Å². The third-order valence-corrected chi connectivity index (χ3v) is 3.60. The molecule has 5 nitrogen and oxygen atoms in total. The zero-order chi connectivity index (χ0) is 15.4. The minimum Gasteiger partial charge on any atom is -0.373 e. The van der Waals surface area contributed by atoms with E-state index in [1.807, 2.05) is 11.9 Å². The average molecular weight is 327 g/mol. The fourth-order valence-electron chi connectivity index (χ4n) is 1.94. The fourth-order valence-corrected chi connectivity index (χ4v) is 2.34. The molecular formula is C14H16Cl2N4O. The molecule has 0 aliphatic carbocycles. The minimum absolute atomic E-state index is 0.179. The summed E-state index contributed by atoms with van der Waals surface area (Å²) in [6, 6.07) is 4.94. The van der Waals surface area contributed by atoms with Crippen molar-refractivity contribution < 1.29 is 0 Å². The van der Waals surface area contributed by atoms with Gasteiger partial charge in [0.05, 0.1) is 18.4 Å². The standard InChI is InChI=1S/C14H16Cl2N4O/c1-3-6-19(2)11-7-13(21)20(17-8-11)9-10-4-5-12(15)18-14(10)16/h4-5,7-8H,3,6,9H2,1-2H3. The van der Waals surface area contributed by atoms with E-state index in [4.69, 9.17) is 23.2 Å². The van der Waals surface area contributed by atoms with Crippen molar-refractivity contribution in [2.45, 2.75) is 19.9 Å². The summed E-state index contributed by atoms with van der Waals surface area (Å²) in [6.45, 7) is 3.22. The lowest BCUT2D eigenvalue weighted by Crippen LogP contribution is -2.26. The highest BCUT2D eigenvalue weighted by Gasteiger charge is 2.08. The molecule has 2 aromatic heterocycles. The molecule has 0 aliphatic heterocycles. The van der Waals surface area contributed by atoms with Gasteiger partial charge in [-0.2, -0.15) is 5.10 Å². The molecule has 0 amide bonds. The van der Waals surface area contributed by atoms with E-state index in [0.29, 0.717) is 10.7 Å². The van der Waals surface area contributed by atoms with Gasteiger partial charge < -0.3 is 4.90 Å². The van der Waals surface area contributed by atoms with E-state index < -0.39 is 0 Å². The van der Waals surface area contributed by atoms with E-state index in [0.717, 1.165) is 18.7 Å². The van der Waals surface area contributed by atoms with Gasteiger partial charge in [-0.1, -0.05) is 36.2 Å². The molecule has 21 heavy (non-hydrogen) atoms. The zero-order valence-corrected chi connectivity index (χ0v) is 13.4. The van der Waals surface area contributed by atoms with Crippen LogP contribution in [0.3, 0.4) is 0 Å². The molecule has 0 atom stereocenters. The number of halogens is 2. The zero-order valence-electron chi connectivity index (χ0n) is 11.9. The maximum Gasteiger partial charge on any atom is 0.269 e. The summed E-state index contributed by atoms with van der Waals surface area (Å²) >= 11 is 11.8. The number of nitrogens with zero attached hydrogens (tertiary/aromatic N) is 4. The van der Waals surface area contributed by atoms with Gasteiger partial charge in [-0.15, -0.1) is 0 Å². The smallest absolute Gasteiger partial charge is 0.269 e. The molecule has 0 saturated heterocycles. The summed E-state index contributed by atoms with van der Waals surface area (Å²) in [6.07, 6.45) is 2.68. The summed E-state index contributed by atoms with van der Waals surface area (Å²) in [5.41, 5.74) is 1.32. The van der Waals surface area contributed by atoms with E-state index in [1.165, 1.54) is 4.68 Å². The maximum absolute atomic E-state index is 12.1. The van der Waals surface area contributed by atoms with Gasteiger partial charge in [0.2, 0.25) is 0 Å². The Hall–Kier alpha value is -1.59. The second-order valence-corrected chi connectivity index (χ2v) is 5.46. The first kappa shape index (κ1) is 15.8. The normalized spacial score (nSPS) is 10.7. The molecule has 0 bridgehead atoms. The molecule has 0 radical (unpaired) electrons. The van der Waals surface area contributed by atoms with Crippen LogP contribution in [0.5, 0.6) is 0 Å². The molecule has 2 aromatic rings. The van der Waals surface area contributed by atoms with Gasteiger partial charge in [-0.3, -0.25) is 4.79 Å². The Morgan fingerprint density at radius 3 is 2.71 bits per heavy atom. The molecule has 0 spiro atoms. The lowest BCUT2D eigenvalue weighted by Gasteiger charge is -2.17. The van der Waals surface area contributed by atoms with Crippen molar-refractivity contribution in [2.75, 3.05) is 18.5 Å². The van der Waals surface area contributed by atoms with E-state index in [2.05, 4.69) is 17.0 Å². The second-order valence-electron chi connectivity index (χ2n) is 4.72. The Labute approximate surface area is 133 Å². The topological polar surface area (TPSA) is 51.0 Å². The molecule has 0 fully saturated rings. The Kier molecular flexibility index (Phi) is 5.20. The van der Waals surface area contributed by atoms with Gasteiger partial charge >= 0.3 is 0 Å². The average Bonchev–Trinajstić information content (AvgIpc) is 2.44. The highest BCUT2D eigenvalue weighted by molar-refractivity contribution is 6.32. The van der Waals surface area contributed by atoms with Crippen molar-refractivity contribution in [3.05, 3.63) is 50.6 Å². The summed E-state index contributed by atoms with van der Waals surface area (Å²) in [7, 11) is 1.93. The molecule has 0 saturated carbocycles. The van der Waals surface area contributed by atoms with Crippen LogP contribution in [0.15, 0.2) is 29.2 Å². The molecule has 2 rings (SSSR count). The van der Waals surface area contributed by atoms with Crippen LogP contribution in [0.4, 0.5) is 5.69 Å². The van der Waals surface area contributed by atoms with Gasteiger partial charge in [0, 0.05) is 25.2 Å². The molecule has 2 heterocycles. The van der Waals surface area contributed by atoms with Crippen LogP contribution in [0.2, 0.25) is 10.3 Å². The van der Waals surface area contributed by atoms with Gasteiger partial charge in [0.25, 0.3) is 5.56 Å². The Bertz CT molecular complexity index is 687. The van der Waals surface area contributed by atoms with Crippen molar-refractivity contribution in [1.29, 1.82) is 0 Å². The predicted molar refractivity (Wildman–Crippen MR) is 85.4 cm³/mol. The van der Waals surface area contributed by atoms with Crippen molar-refractivity contribution in [1.82, 2.24) is 14.8 Å². The van der Waals surface area contributed by atoms with Crippen LogP contribution in [-0.4, -0.2) is 28.4 Å². The van der Waals surface area contributed by atoms with E-state index in [-0.39, 0.29) is 17.3 Å². The largest absolute Gasteiger partial charge is 0.373 e. The lowest BCUT2D eigenvalue weighted by molar-refractivity contribution is 0.635. The minimum atomic E-state index is -0.179. The lowest BCUT2D eigenvalue weighted by atomic mass is 10.3. The molecule has 0 aliphatic rings. The van der Waals surface area contributed by atoms with Crippen molar-refractivity contribution in [3.8, 4) is 0 Å². The summed E-state index contributed by atoms with van der Waals surface area (Å²) in [4.78, 5) is 18.1. The summed E-state index contributed by atoms with van der Waals surface area (Å²) in [5, 5.41) is 4.78. The summed E-state index contributed by atoms with van der Waals surface area (Å²) in [5.74, 6) is 0. The molecule has 0 N–H and O–H groups in total. The highest BCUT2D eigenvalue weighted by Crippen LogP contribution is 2.17. The third kappa shape index (κ3) is 3.95. The molecule has 0 aromatic carbocycles. The van der Waals surface area contributed by atoms with E-state index in [1.54, 1.807) is 24.4 Å². The van der Waals surface area contributed by atoms with Crippen molar-refractivity contribution >= 4 is 28.9 Å². The fraction of sp³-hybridized carbons (Fsp3) is 0.357. The number of anilines is 1. The third-order valence-electron chi connectivity index (χ3n) is 3.07. The van der Waals surface area contributed by atoms with E-state index in [9.17, 15) is 4.79 Å². The SMILES string of the molecule is CCCN(C)c1cnn(Cc2ccc(Cl)nc2Cl)c(=O)c1. The van der Waals surface area contributed by atoms with Crippen LogP contribution < -0.4 is 10.5 Å². The number of pyridine rings is 1. The Morgan fingerprint density at radius 2 is 2.10 bits per heavy atom. The maximum atomic E-state index is 12.1. The van der Waals surface area contributed by atoms with Crippen LogP contribution in [-0.2, 0) is 6.54 Å². The number of hydrogen-bond acceptors (Lipinski definition) is 4. The van der Waals surface area contributed by atoms with Gasteiger partial charge in [-0.25, -0.2) is 9.67 Å². The first-order valence-electron chi connectivity index (χ1n) is 6.60. The number of rotatable bonds is 5. The highest BCUT2D eigenvalue weighted by atomic mass is 35.5.